The van der Waals surface area contributed by atoms with Crippen LogP contribution >= 0.6 is 27.5 Å². The van der Waals surface area contributed by atoms with Crippen molar-refractivity contribution in [2.75, 3.05) is 69.0 Å². The van der Waals surface area contributed by atoms with Crippen LogP contribution in [-0.2, 0) is 12.8 Å². The maximum Gasteiger partial charge on any atom is 0.254 e. The smallest absolute Gasteiger partial charge is 0.254 e. The monoisotopic (exact) mass is 978 g/mol. The Labute approximate surface area is 398 Å². The minimum absolute atomic E-state index is 0.0416. The van der Waals surface area contributed by atoms with Crippen LogP contribution in [0, 0.1) is 0 Å². The molecule has 0 saturated carbocycles. The Morgan fingerprint density at radius 1 is 0.515 bits per heavy atom. The highest BCUT2D eigenvalue weighted by Crippen LogP contribution is 2.41. The maximum atomic E-state index is 13.5. The van der Waals surface area contributed by atoms with Gasteiger partial charge in [0.05, 0.1) is 54.7 Å². The summed E-state index contributed by atoms with van der Waals surface area (Å²) < 4.78 is 45.6. The van der Waals surface area contributed by atoms with Gasteiger partial charge >= 0.3 is 0 Å². The number of carbonyl (C=O) groups is 2. The van der Waals surface area contributed by atoms with Crippen molar-refractivity contribution in [2.24, 2.45) is 0 Å². The zero-order valence-electron chi connectivity index (χ0n) is 37.7. The van der Waals surface area contributed by atoms with E-state index in [0.717, 1.165) is 38.2 Å². The van der Waals surface area contributed by atoms with Crippen LogP contribution in [0.5, 0.6) is 46.0 Å². The number of halogens is 2. The van der Waals surface area contributed by atoms with Crippen LogP contribution in [0.2, 0.25) is 5.02 Å². The van der Waals surface area contributed by atoms with E-state index in [9.17, 15) is 9.59 Å². The molecule has 0 saturated heterocycles. The van der Waals surface area contributed by atoms with Crippen LogP contribution < -0.4 is 37.9 Å². The molecule has 66 heavy (non-hydrogen) atoms. The minimum atomic E-state index is -0.317. The number of fused-ring (bicyclic) bond motifs is 2. The van der Waals surface area contributed by atoms with E-state index in [1.54, 1.807) is 66.9 Å². The van der Waals surface area contributed by atoms with E-state index < -0.39 is 0 Å². The molecule has 0 aromatic heterocycles. The normalized spacial score (nSPS) is 14.9. The first-order valence-corrected chi connectivity index (χ1v) is 22.4. The third-order valence-corrected chi connectivity index (χ3v) is 12.3. The summed E-state index contributed by atoms with van der Waals surface area (Å²) in [6, 6.07) is 36.5. The van der Waals surface area contributed by atoms with Gasteiger partial charge in [-0.3, -0.25) is 9.59 Å². The predicted molar refractivity (Wildman–Crippen MR) is 257 cm³/mol. The third kappa shape index (κ3) is 10.9. The first-order valence-electron chi connectivity index (χ1n) is 21.2. The van der Waals surface area contributed by atoms with Gasteiger partial charge in [-0.1, -0.05) is 39.7 Å². The molecule has 14 heteroatoms. The molecule has 6 aromatic rings. The molecule has 0 aliphatic carbocycles. The first-order chi connectivity index (χ1) is 32.1. The van der Waals surface area contributed by atoms with Crippen molar-refractivity contribution >= 4 is 39.3 Å². The van der Waals surface area contributed by atoms with Crippen LogP contribution in [0.3, 0.4) is 0 Å². The van der Waals surface area contributed by atoms with Crippen LogP contribution in [0.15, 0.2) is 126 Å². The van der Waals surface area contributed by atoms with Crippen molar-refractivity contribution in [1.82, 2.24) is 9.80 Å². The number of nitrogens with zero attached hydrogens (tertiary/aromatic N) is 2. The van der Waals surface area contributed by atoms with E-state index in [-0.39, 0.29) is 30.5 Å². The van der Waals surface area contributed by atoms with Gasteiger partial charge < -0.3 is 47.7 Å². The summed E-state index contributed by atoms with van der Waals surface area (Å²) in [5, 5.41) is 0.524. The molecule has 6 aromatic carbocycles. The number of hydrogen-bond acceptors (Lipinski definition) is 10. The molecule has 0 N–H and O–H groups in total. The topological polar surface area (TPSA) is 114 Å². The van der Waals surface area contributed by atoms with Gasteiger partial charge in [0, 0.05) is 33.7 Å². The second-order valence-electron chi connectivity index (χ2n) is 15.3. The highest BCUT2D eigenvalue weighted by molar-refractivity contribution is 9.10. The van der Waals surface area contributed by atoms with E-state index in [1.165, 1.54) is 0 Å². The van der Waals surface area contributed by atoms with E-state index in [0.29, 0.717) is 83.2 Å². The lowest BCUT2D eigenvalue weighted by atomic mass is 9.91. The molecule has 2 aliphatic heterocycles. The number of methoxy groups -OCH3 is 6. The number of hydrogen-bond donors (Lipinski definition) is 0. The summed E-state index contributed by atoms with van der Waals surface area (Å²) in [5.74, 6) is 5.36. The van der Waals surface area contributed by atoms with Gasteiger partial charge in [0.15, 0.2) is 23.0 Å². The molecule has 0 bridgehead atoms. The molecule has 0 spiro atoms. The molecule has 2 aliphatic rings. The number of amides is 2. The third-order valence-electron chi connectivity index (χ3n) is 11.6. The largest absolute Gasteiger partial charge is 0.497 e. The number of benzene rings is 6. The van der Waals surface area contributed by atoms with Gasteiger partial charge in [-0.15, -0.1) is 0 Å². The highest BCUT2D eigenvalue weighted by atomic mass is 79.9. The van der Waals surface area contributed by atoms with Gasteiger partial charge in [-0.2, -0.15) is 0 Å². The Hall–Kier alpha value is -6.57. The lowest BCUT2D eigenvalue weighted by Gasteiger charge is -2.37. The molecule has 8 rings (SSSR count). The molecule has 0 fully saturated rings. The first kappa shape index (κ1) is 47.4. The summed E-state index contributed by atoms with van der Waals surface area (Å²) in [5.41, 5.74) is 5.36. The second kappa shape index (κ2) is 22.1. The Morgan fingerprint density at radius 3 is 1.30 bits per heavy atom. The van der Waals surface area contributed by atoms with E-state index in [4.69, 9.17) is 49.5 Å². The van der Waals surface area contributed by atoms with Gasteiger partial charge in [0.1, 0.15) is 36.2 Å². The molecule has 344 valence electrons. The number of carbonyl (C=O) groups excluding carboxylic acids is 2. The fraction of sp³-hybridized carbons (Fsp3) is 0.269. The zero-order chi connectivity index (χ0) is 46.7. The van der Waals surface area contributed by atoms with Crippen molar-refractivity contribution < 1.29 is 47.5 Å². The zero-order valence-corrected chi connectivity index (χ0v) is 40.0. The van der Waals surface area contributed by atoms with Gasteiger partial charge in [-0.05, 0) is 144 Å². The molecule has 0 radical (unpaired) electrons. The van der Waals surface area contributed by atoms with Crippen molar-refractivity contribution in [3.05, 3.63) is 164 Å². The average Bonchev–Trinajstić information content (AvgIpc) is 3.36. The standard InChI is InChI=1S/C26H26BrNO5.C26H26ClNO5/c2*1-30-20-7-9-21(10-8-20)33-16-23-22-15-25(32-3)24(31-2)14-17(22)11-12-28(23)26(29)18-5-4-6-19(27)13-18/h2*4-10,13-15,23H,11-12,16H2,1-3H3. The molecule has 2 unspecified atom stereocenters. The summed E-state index contributed by atoms with van der Waals surface area (Å²) in [7, 11) is 9.70. The summed E-state index contributed by atoms with van der Waals surface area (Å²) >= 11 is 9.62. The van der Waals surface area contributed by atoms with Gasteiger partial charge in [0.2, 0.25) is 0 Å². The second-order valence-corrected chi connectivity index (χ2v) is 16.7. The number of rotatable bonds is 14. The highest BCUT2D eigenvalue weighted by Gasteiger charge is 2.35. The molecular weight excluding hydrogens is 928 g/mol. The summed E-state index contributed by atoms with van der Waals surface area (Å²) in [6.45, 7) is 1.70. The lowest BCUT2D eigenvalue weighted by molar-refractivity contribution is 0.0583. The maximum absolute atomic E-state index is 13.5. The Morgan fingerprint density at radius 2 is 0.909 bits per heavy atom. The van der Waals surface area contributed by atoms with E-state index in [1.807, 2.05) is 107 Å². The Balaban J connectivity index is 0.000000196. The van der Waals surface area contributed by atoms with Crippen LogP contribution in [-0.4, -0.2) is 90.6 Å². The molecule has 12 nitrogen and oxygen atoms in total. The van der Waals surface area contributed by atoms with Crippen LogP contribution in [0.25, 0.3) is 0 Å². The van der Waals surface area contributed by atoms with Crippen molar-refractivity contribution in [2.45, 2.75) is 24.9 Å². The quantitative estimate of drug-likeness (QED) is 0.105. The van der Waals surface area contributed by atoms with E-state index >= 15 is 0 Å². The SMILES string of the molecule is COc1ccc(OCC2c3cc(OC)c(OC)cc3CCN2C(=O)c2cccc(Br)c2)cc1.COc1ccc(OCC2c3cc(OC)c(OC)cc3CCN2C(=O)c2cccc(Cl)c2)cc1. The number of ether oxygens (including phenoxy) is 8. The van der Waals surface area contributed by atoms with Crippen molar-refractivity contribution in [3.63, 3.8) is 0 Å². The van der Waals surface area contributed by atoms with Crippen LogP contribution in [0.1, 0.15) is 55.1 Å². The summed E-state index contributed by atoms with van der Waals surface area (Å²) in [6.07, 6.45) is 1.41. The minimum Gasteiger partial charge on any atom is -0.497 e. The Kier molecular flexibility index (Phi) is 15.9. The molecular formula is C52H52BrClN2O10. The Bertz CT molecular complexity index is 2450. The van der Waals surface area contributed by atoms with Gasteiger partial charge in [0.25, 0.3) is 11.8 Å². The predicted octanol–water partition coefficient (Wildman–Crippen LogP) is 10.5. The lowest BCUT2D eigenvalue weighted by Crippen LogP contribution is -2.42. The van der Waals surface area contributed by atoms with Gasteiger partial charge in [-0.25, -0.2) is 0 Å². The fourth-order valence-corrected chi connectivity index (χ4v) is 8.76. The molecule has 2 atom stereocenters. The van der Waals surface area contributed by atoms with Crippen LogP contribution in [0.4, 0.5) is 0 Å². The fourth-order valence-electron chi connectivity index (χ4n) is 8.17. The molecule has 2 amide bonds. The molecule has 2 heterocycles. The van der Waals surface area contributed by atoms with E-state index in [2.05, 4.69) is 15.9 Å². The average molecular weight is 980 g/mol. The van der Waals surface area contributed by atoms with Crippen molar-refractivity contribution in [3.8, 4) is 46.0 Å². The summed E-state index contributed by atoms with van der Waals surface area (Å²) in [4.78, 5) is 30.7. The van der Waals surface area contributed by atoms with Crippen molar-refractivity contribution in [1.29, 1.82) is 0 Å².